The molecule has 1 aliphatic rings. The van der Waals surface area contributed by atoms with Crippen LogP contribution in [0.3, 0.4) is 0 Å². The smallest absolute Gasteiger partial charge is 0.305 e. The Hall–Kier alpha value is -1.39. The minimum absolute atomic E-state index is 0. The average molecular weight is 518 g/mol. The van der Waals surface area contributed by atoms with Gasteiger partial charge in [-0.2, -0.15) is 0 Å². The molecule has 0 unspecified atom stereocenters. The Kier molecular flexibility index (Phi) is 13.7. The van der Waals surface area contributed by atoms with Crippen LogP contribution < -0.4 is 10.6 Å². The maximum absolute atomic E-state index is 11.1. The summed E-state index contributed by atoms with van der Waals surface area (Å²) in [7, 11) is 3.21. The number of aliphatic imine (C=N–C) groups is 1. The average Bonchev–Trinajstić information content (AvgIpc) is 2.74. The molecule has 1 aliphatic heterocycles. The van der Waals surface area contributed by atoms with Gasteiger partial charge in [-0.3, -0.25) is 14.7 Å². The van der Waals surface area contributed by atoms with Gasteiger partial charge in [0.25, 0.3) is 0 Å². The number of carbonyl (C=O) groups excluding carboxylic acids is 1. The highest BCUT2D eigenvalue weighted by atomic mass is 127. The van der Waals surface area contributed by atoms with Gasteiger partial charge in [-0.15, -0.1) is 24.0 Å². The molecule has 0 aromatic heterocycles. The molecule has 2 N–H and O–H groups in total. The number of guanidine groups is 1. The number of esters is 1. The van der Waals surface area contributed by atoms with Crippen LogP contribution in [0.15, 0.2) is 29.3 Å². The fraction of sp³-hybridized carbons (Fsp3) is 0.619. The fourth-order valence-corrected chi connectivity index (χ4v) is 3.16. The monoisotopic (exact) mass is 518 g/mol. The number of morpholine rings is 1. The lowest BCUT2D eigenvalue weighted by Gasteiger charge is -2.27. The quantitative estimate of drug-likeness (QED) is 0.163. The number of nitrogens with one attached hydrogen (secondary N) is 2. The van der Waals surface area contributed by atoms with Gasteiger partial charge in [0.1, 0.15) is 0 Å². The first-order valence-electron chi connectivity index (χ1n) is 10.1. The lowest BCUT2D eigenvalue weighted by molar-refractivity contribution is -0.140. The first-order valence-corrected chi connectivity index (χ1v) is 10.1. The molecule has 0 aliphatic carbocycles. The summed E-state index contributed by atoms with van der Waals surface area (Å²) < 4.78 is 10.1. The van der Waals surface area contributed by atoms with Crippen LogP contribution in [0.5, 0.6) is 0 Å². The molecule has 0 bridgehead atoms. The van der Waals surface area contributed by atoms with Crippen molar-refractivity contribution < 1.29 is 14.3 Å². The number of methoxy groups -OCH3 is 1. The topological polar surface area (TPSA) is 75.2 Å². The van der Waals surface area contributed by atoms with E-state index in [2.05, 4.69) is 49.5 Å². The molecule has 8 heteroatoms. The van der Waals surface area contributed by atoms with Crippen molar-refractivity contribution in [3.8, 4) is 0 Å². The maximum Gasteiger partial charge on any atom is 0.305 e. The highest BCUT2D eigenvalue weighted by Gasteiger charge is 2.12. The Morgan fingerprint density at radius 2 is 1.86 bits per heavy atom. The van der Waals surface area contributed by atoms with E-state index in [1.807, 2.05) is 0 Å². The number of nitrogens with zero attached hydrogens (tertiary/aromatic N) is 2. The molecule has 7 nitrogen and oxygen atoms in total. The standard InChI is InChI=1S/C21H34N4O3.HI/c1-22-21(23-11-7-3-4-10-20(26)27-2)24-16-18-8-5-6-9-19(18)17-25-12-14-28-15-13-25;/h5-6,8-9H,3-4,7,10-17H2,1-2H3,(H2,22,23,24);1H. The van der Waals surface area contributed by atoms with E-state index in [0.29, 0.717) is 6.42 Å². The summed E-state index contributed by atoms with van der Waals surface area (Å²) in [6.07, 6.45) is 3.32. The zero-order valence-electron chi connectivity index (χ0n) is 17.6. The lowest BCUT2D eigenvalue weighted by atomic mass is 10.1. The van der Waals surface area contributed by atoms with Crippen LogP contribution in [-0.4, -0.2) is 63.8 Å². The van der Waals surface area contributed by atoms with Gasteiger partial charge in [0.05, 0.1) is 20.3 Å². The van der Waals surface area contributed by atoms with Gasteiger partial charge in [-0.25, -0.2) is 0 Å². The molecule has 0 radical (unpaired) electrons. The number of hydrogen-bond acceptors (Lipinski definition) is 5. The molecule has 2 rings (SSSR count). The van der Waals surface area contributed by atoms with Gasteiger partial charge in [-0.1, -0.05) is 30.7 Å². The molecule has 1 aromatic carbocycles. The Bertz CT molecular complexity index is 622. The van der Waals surface area contributed by atoms with Gasteiger partial charge in [0, 0.05) is 46.2 Å². The Morgan fingerprint density at radius 3 is 2.55 bits per heavy atom. The van der Waals surface area contributed by atoms with Crippen LogP contribution in [0.25, 0.3) is 0 Å². The molecule has 0 spiro atoms. The summed E-state index contributed by atoms with van der Waals surface area (Å²) >= 11 is 0. The van der Waals surface area contributed by atoms with Crippen molar-refractivity contribution in [2.75, 3.05) is 47.0 Å². The zero-order chi connectivity index (χ0) is 20.0. The van der Waals surface area contributed by atoms with Crippen molar-refractivity contribution in [3.63, 3.8) is 0 Å². The van der Waals surface area contributed by atoms with Crippen molar-refractivity contribution in [1.29, 1.82) is 0 Å². The van der Waals surface area contributed by atoms with Crippen LogP contribution in [0.4, 0.5) is 0 Å². The van der Waals surface area contributed by atoms with Crippen LogP contribution in [0.1, 0.15) is 36.8 Å². The Balaban J connectivity index is 0.00000420. The fourth-order valence-electron chi connectivity index (χ4n) is 3.16. The summed E-state index contributed by atoms with van der Waals surface area (Å²) in [5.41, 5.74) is 2.63. The van der Waals surface area contributed by atoms with Gasteiger partial charge >= 0.3 is 5.97 Å². The molecule has 1 fully saturated rings. The van der Waals surface area contributed by atoms with Gasteiger partial charge in [0.2, 0.25) is 0 Å². The van der Waals surface area contributed by atoms with E-state index < -0.39 is 0 Å². The molecular formula is C21H35IN4O3. The molecular weight excluding hydrogens is 483 g/mol. The summed E-state index contributed by atoms with van der Waals surface area (Å²) in [6.45, 7) is 6.13. The number of ether oxygens (including phenoxy) is 2. The van der Waals surface area contributed by atoms with Gasteiger partial charge < -0.3 is 20.1 Å². The number of unbranched alkanes of at least 4 members (excludes halogenated alkanes) is 2. The molecule has 1 aromatic rings. The molecule has 1 saturated heterocycles. The van der Waals surface area contributed by atoms with E-state index in [1.165, 1.54) is 18.2 Å². The second kappa shape index (κ2) is 15.4. The third kappa shape index (κ3) is 10.3. The van der Waals surface area contributed by atoms with Gasteiger partial charge in [-0.05, 0) is 24.0 Å². The van der Waals surface area contributed by atoms with Crippen molar-refractivity contribution in [3.05, 3.63) is 35.4 Å². The molecule has 0 atom stereocenters. The molecule has 0 amide bonds. The zero-order valence-corrected chi connectivity index (χ0v) is 19.9. The second-order valence-electron chi connectivity index (χ2n) is 6.90. The Morgan fingerprint density at radius 1 is 1.14 bits per heavy atom. The lowest BCUT2D eigenvalue weighted by Crippen LogP contribution is -2.38. The third-order valence-corrected chi connectivity index (χ3v) is 4.86. The van der Waals surface area contributed by atoms with Crippen molar-refractivity contribution in [2.45, 2.75) is 38.8 Å². The number of benzene rings is 1. The minimum atomic E-state index is -0.138. The summed E-state index contributed by atoms with van der Waals surface area (Å²) in [6, 6.07) is 8.55. The number of halogens is 1. The summed E-state index contributed by atoms with van der Waals surface area (Å²) in [5, 5.41) is 6.74. The normalized spacial score (nSPS) is 14.8. The van der Waals surface area contributed by atoms with E-state index in [4.69, 9.17) is 4.74 Å². The van der Waals surface area contributed by atoms with Crippen molar-refractivity contribution in [2.24, 2.45) is 4.99 Å². The molecule has 0 saturated carbocycles. The van der Waals surface area contributed by atoms with E-state index >= 15 is 0 Å². The predicted molar refractivity (Wildman–Crippen MR) is 127 cm³/mol. The number of rotatable bonds is 10. The van der Waals surface area contributed by atoms with Crippen LogP contribution in [0, 0.1) is 0 Å². The maximum atomic E-state index is 11.1. The third-order valence-electron chi connectivity index (χ3n) is 4.86. The largest absolute Gasteiger partial charge is 0.469 e. The van der Waals surface area contributed by atoms with E-state index in [-0.39, 0.29) is 29.9 Å². The predicted octanol–water partition coefficient (Wildman–Crippen LogP) is 2.54. The van der Waals surface area contributed by atoms with Crippen LogP contribution in [0.2, 0.25) is 0 Å². The summed E-state index contributed by atoms with van der Waals surface area (Å²) in [4.78, 5) is 17.8. The number of hydrogen-bond donors (Lipinski definition) is 2. The molecule has 1 heterocycles. The minimum Gasteiger partial charge on any atom is -0.469 e. The summed E-state index contributed by atoms with van der Waals surface area (Å²) in [5.74, 6) is 0.662. The van der Waals surface area contributed by atoms with Crippen molar-refractivity contribution >= 4 is 35.9 Å². The first kappa shape index (κ1) is 25.6. The van der Waals surface area contributed by atoms with E-state index in [9.17, 15) is 4.79 Å². The first-order chi connectivity index (χ1) is 13.7. The van der Waals surface area contributed by atoms with Crippen LogP contribution in [-0.2, 0) is 27.4 Å². The number of carbonyl (C=O) groups is 1. The SMILES string of the molecule is CN=C(NCCCCCC(=O)OC)NCc1ccccc1CN1CCOCC1.I. The van der Waals surface area contributed by atoms with E-state index in [0.717, 1.165) is 71.2 Å². The highest BCUT2D eigenvalue weighted by Crippen LogP contribution is 2.13. The Labute approximate surface area is 191 Å². The molecule has 29 heavy (non-hydrogen) atoms. The molecule has 164 valence electrons. The van der Waals surface area contributed by atoms with E-state index in [1.54, 1.807) is 7.05 Å². The highest BCUT2D eigenvalue weighted by molar-refractivity contribution is 14.0. The van der Waals surface area contributed by atoms with Crippen molar-refractivity contribution in [1.82, 2.24) is 15.5 Å². The second-order valence-corrected chi connectivity index (χ2v) is 6.90. The van der Waals surface area contributed by atoms with Gasteiger partial charge in [0.15, 0.2) is 5.96 Å². The van der Waals surface area contributed by atoms with Crippen LogP contribution >= 0.6 is 24.0 Å².